The summed E-state index contributed by atoms with van der Waals surface area (Å²) in [6, 6.07) is 12.3. The van der Waals surface area contributed by atoms with Gasteiger partial charge in [-0.25, -0.2) is 18.2 Å². The van der Waals surface area contributed by atoms with Gasteiger partial charge in [-0.2, -0.15) is 0 Å². The first-order chi connectivity index (χ1) is 15.8. The lowest BCUT2D eigenvalue weighted by molar-refractivity contribution is 0.117. The van der Waals surface area contributed by atoms with Gasteiger partial charge in [0.2, 0.25) is 0 Å². The van der Waals surface area contributed by atoms with Crippen LogP contribution >= 0.6 is 0 Å². The number of carbonyl (C=O) groups excluding carboxylic acids is 1. The Hall–Kier alpha value is -2.85. The van der Waals surface area contributed by atoms with Crippen LogP contribution in [-0.2, 0) is 10.0 Å². The minimum Gasteiger partial charge on any atom is -0.370 e. The van der Waals surface area contributed by atoms with E-state index in [4.69, 9.17) is 11.1 Å². The average Bonchev–Trinajstić information content (AvgIpc) is 2.83. The van der Waals surface area contributed by atoms with Gasteiger partial charge in [0.05, 0.1) is 4.90 Å². The highest BCUT2D eigenvalue weighted by Crippen LogP contribution is 2.22. The molecule has 2 saturated heterocycles. The predicted octanol–water partition coefficient (Wildman–Crippen LogP) is 2.55. The second-order valence-electron chi connectivity index (χ2n) is 8.86. The Morgan fingerprint density at radius 2 is 1.67 bits per heavy atom. The number of nitrogens with one attached hydrogen (secondary N) is 2. The zero-order valence-electron chi connectivity index (χ0n) is 18.7. The standard InChI is InChI=1S/C23H32N6O3S/c24-22(25)27-14-10-18(11-15-27)17-29(23(30)28-12-4-1-5-13-28)26-33(31,32)21-9-8-19-6-2-3-7-20(19)16-21/h2-3,6-9,16,18,26H,1,4-5,10-15,17H2,(H3,24,25). The number of guanidine groups is 1. The largest absolute Gasteiger partial charge is 0.370 e. The molecular weight excluding hydrogens is 440 g/mol. The second kappa shape index (κ2) is 9.96. The second-order valence-corrected chi connectivity index (χ2v) is 10.5. The highest BCUT2D eigenvalue weighted by molar-refractivity contribution is 7.89. The lowest BCUT2D eigenvalue weighted by Gasteiger charge is -2.37. The molecule has 2 fully saturated rings. The Labute approximate surface area is 195 Å². The summed E-state index contributed by atoms with van der Waals surface area (Å²) in [5.41, 5.74) is 5.59. The number of piperidine rings is 2. The average molecular weight is 473 g/mol. The van der Waals surface area contributed by atoms with Crippen LogP contribution in [0, 0.1) is 11.3 Å². The van der Waals surface area contributed by atoms with Crippen molar-refractivity contribution in [2.24, 2.45) is 11.7 Å². The highest BCUT2D eigenvalue weighted by atomic mass is 32.2. The van der Waals surface area contributed by atoms with E-state index in [9.17, 15) is 13.2 Å². The number of benzene rings is 2. The van der Waals surface area contributed by atoms with Crippen molar-refractivity contribution in [2.75, 3.05) is 32.7 Å². The fraction of sp³-hybridized carbons (Fsp3) is 0.478. The Kier molecular flexibility index (Phi) is 7.04. The number of sulfonamides is 1. The van der Waals surface area contributed by atoms with Gasteiger partial charge in [-0.05, 0) is 60.9 Å². The summed E-state index contributed by atoms with van der Waals surface area (Å²) in [6.45, 7) is 2.81. The number of carbonyl (C=O) groups is 1. The molecule has 0 spiro atoms. The number of nitrogens with zero attached hydrogens (tertiary/aromatic N) is 3. The molecule has 2 heterocycles. The molecule has 2 amide bonds. The molecule has 0 radical (unpaired) electrons. The summed E-state index contributed by atoms with van der Waals surface area (Å²) in [5.74, 6) is 0.167. The van der Waals surface area contributed by atoms with E-state index < -0.39 is 10.0 Å². The van der Waals surface area contributed by atoms with Crippen molar-refractivity contribution >= 4 is 32.8 Å². The van der Waals surface area contributed by atoms with Crippen molar-refractivity contribution in [2.45, 2.75) is 37.0 Å². The Bertz CT molecular complexity index is 1110. The molecule has 2 aromatic carbocycles. The number of fused-ring (bicyclic) bond motifs is 1. The first-order valence-electron chi connectivity index (χ1n) is 11.5. The molecule has 0 aliphatic carbocycles. The Morgan fingerprint density at radius 3 is 2.33 bits per heavy atom. The van der Waals surface area contributed by atoms with E-state index >= 15 is 0 Å². The van der Waals surface area contributed by atoms with Crippen molar-refractivity contribution in [3.05, 3.63) is 42.5 Å². The SMILES string of the molecule is N=C(N)N1CCC(CN(NS(=O)(=O)c2ccc3ccccc3c2)C(=O)N2CCCCC2)CC1. The number of nitrogens with two attached hydrogens (primary N) is 1. The van der Waals surface area contributed by atoms with E-state index in [0.29, 0.717) is 26.2 Å². The third-order valence-electron chi connectivity index (χ3n) is 6.52. The number of likely N-dealkylation sites (tertiary alicyclic amines) is 2. The van der Waals surface area contributed by atoms with Gasteiger partial charge in [0.25, 0.3) is 10.0 Å². The maximum Gasteiger partial charge on any atom is 0.335 e. The van der Waals surface area contributed by atoms with Crippen LogP contribution in [-0.4, -0.2) is 67.9 Å². The zero-order chi connectivity index (χ0) is 23.4. The number of rotatable bonds is 5. The molecule has 9 nitrogen and oxygen atoms in total. The topological polar surface area (TPSA) is 123 Å². The molecule has 0 saturated carbocycles. The summed E-state index contributed by atoms with van der Waals surface area (Å²) < 4.78 is 26.6. The predicted molar refractivity (Wildman–Crippen MR) is 128 cm³/mol. The fourth-order valence-corrected chi connectivity index (χ4v) is 5.63. The van der Waals surface area contributed by atoms with Gasteiger partial charge >= 0.3 is 6.03 Å². The smallest absolute Gasteiger partial charge is 0.335 e. The molecule has 33 heavy (non-hydrogen) atoms. The molecule has 10 heteroatoms. The third kappa shape index (κ3) is 5.56. The summed E-state index contributed by atoms with van der Waals surface area (Å²) in [5, 5.41) is 10.7. The Morgan fingerprint density at radius 1 is 1.00 bits per heavy atom. The quantitative estimate of drug-likeness (QED) is 0.351. The van der Waals surface area contributed by atoms with Crippen LogP contribution in [0.25, 0.3) is 10.8 Å². The van der Waals surface area contributed by atoms with Crippen molar-refractivity contribution in [1.29, 1.82) is 5.41 Å². The maximum atomic E-state index is 13.3. The van der Waals surface area contributed by atoms with Gasteiger partial charge in [-0.15, -0.1) is 4.83 Å². The number of hydrogen-bond acceptors (Lipinski definition) is 4. The molecular formula is C23H32N6O3S. The monoisotopic (exact) mass is 472 g/mol. The van der Waals surface area contributed by atoms with Crippen molar-refractivity contribution in [3.8, 4) is 0 Å². The first kappa shape index (κ1) is 23.3. The molecule has 0 aromatic heterocycles. The molecule has 4 N–H and O–H groups in total. The number of urea groups is 1. The third-order valence-corrected chi connectivity index (χ3v) is 7.85. The summed E-state index contributed by atoms with van der Waals surface area (Å²) in [7, 11) is -3.95. The lowest BCUT2D eigenvalue weighted by Crippen LogP contribution is -2.55. The molecule has 2 aromatic rings. The molecule has 0 atom stereocenters. The van der Waals surface area contributed by atoms with Crippen LogP contribution in [0.4, 0.5) is 4.79 Å². The number of amides is 2. The number of hydrazine groups is 1. The van der Waals surface area contributed by atoms with Gasteiger partial charge in [-0.3, -0.25) is 5.41 Å². The van der Waals surface area contributed by atoms with E-state index in [1.165, 1.54) is 5.01 Å². The van der Waals surface area contributed by atoms with E-state index in [2.05, 4.69) is 4.83 Å². The highest BCUT2D eigenvalue weighted by Gasteiger charge is 2.31. The van der Waals surface area contributed by atoms with Crippen LogP contribution in [0.1, 0.15) is 32.1 Å². The molecule has 2 aliphatic heterocycles. The van der Waals surface area contributed by atoms with Gasteiger partial charge in [0.1, 0.15) is 0 Å². The van der Waals surface area contributed by atoms with Crippen molar-refractivity contribution in [3.63, 3.8) is 0 Å². The molecule has 2 aliphatic rings. The van der Waals surface area contributed by atoms with Crippen molar-refractivity contribution < 1.29 is 13.2 Å². The fourth-order valence-electron chi connectivity index (χ4n) is 4.56. The zero-order valence-corrected chi connectivity index (χ0v) is 19.6. The summed E-state index contributed by atoms with van der Waals surface area (Å²) >= 11 is 0. The maximum absolute atomic E-state index is 13.3. The van der Waals surface area contributed by atoms with Gasteiger partial charge in [0, 0.05) is 32.7 Å². The molecule has 0 unspecified atom stereocenters. The van der Waals surface area contributed by atoms with E-state index in [1.807, 2.05) is 24.3 Å². The molecule has 178 valence electrons. The van der Waals surface area contributed by atoms with E-state index in [1.54, 1.807) is 28.0 Å². The van der Waals surface area contributed by atoms with E-state index in [-0.39, 0.29) is 29.3 Å². The first-order valence-corrected chi connectivity index (χ1v) is 13.0. The minimum absolute atomic E-state index is 0.0479. The minimum atomic E-state index is -3.95. The summed E-state index contributed by atoms with van der Waals surface area (Å²) in [4.78, 5) is 19.6. The van der Waals surface area contributed by atoms with Crippen LogP contribution in [0.15, 0.2) is 47.4 Å². The summed E-state index contributed by atoms with van der Waals surface area (Å²) in [6.07, 6.45) is 4.40. The van der Waals surface area contributed by atoms with E-state index in [0.717, 1.165) is 42.9 Å². The van der Waals surface area contributed by atoms with Gasteiger partial charge in [-0.1, -0.05) is 30.3 Å². The van der Waals surface area contributed by atoms with Crippen LogP contribution < -0.4 is 10.6 Å². The molecule has 0 bridgehead atoms. The Balaban J connectivity index is 1.53. The number of hydrogen-bond donors (Lipinski definition) is 3. The normalized spacial score (nSPS) is 17.8. The van der Waals surface area contributed by atoms with Crippen LogP contribution in [0.2, 0.25) is 0 Å². The molecule has 4 rings (SSSR count). The lowest BCUT2D eigenvalue weighted by atomic mass is 9.97. The van der Waals surface area contributed by atoms with Gasteiger partial charge < -0.3 is 15.5 Å². The van der Waals surface area contributed by atoms with Crippen LogP contribution in [0.5, 0.6) is 0 Å². The van der Waals surface area contributed by atoms with Crippen LogP contribution in [0.3, 0.4) is 0 Å². The van der Waals surface area contributed by atoms with Crippen molar-refractivity contribution in [1.82, 2.24) is 19.6 Å². The van der Waals surface area contributed by atoms with Gasteiger partial charge in [0.15, 0.2) is 5.96 Å².